The van der Waals surface area contributed by atoms with Gasteiger partial charge in [-0.1, -0.05) is 6.42 Å². The van der Waals surface area contributed by atoms with Crippen LogP contribution in [0.15, 0.2) is 6.20 Å². The van der Waals surface area contributed by atoms with Crippen molar-refractivity contribution >= 4 is 5.95 Å². The van der Waals surface area contributed by atoms with Gasteiger partial charge in [0.25, 0.3) is 0 Å². The van der Waals surface area contributed by atoms with E-state index in [1.165, 1.54) is 29.7 Å². The predicted octanol–water partition coefficient (Wildman–Crippen LogP) is 2.11. The summed E-state index contributed by atoms with van der Waals surface area (Å²) in [6, 6.07) is 0.749. The fourth-order valence-corrected chi connectivity index (χ4v) is 4.11. The molecule has 5 nitrogen and oxygen atoms in total. The van der Waals surface area contributed by atoms with Crippen LogP contribution in [-0.2, 0) is 12.8 Å². The highest BCUT2D eigenvalue weighted by Gasteiger charge is 2.33. The first kappa shape index (κ1) is 18.0. The number of fused-ring (bicyclic) bond motifs is 1. The molecular formula is C18H26F3N5. The summed E-state index contributed by atoms with van der Waals surface area (Å²) in [7, 11) is 0. The monoisotopic (exact) mass is 369 g/mol. The van der Waals surface area contributed by atoms with Crippen molar-refractivity contribution < 1.29 is 13.2 Å². The number of halogens is 3. The molecule has 2 fully saturated rings. The normalized spacial score (nSPS) is 23.4. The fourth-order valence-electron chi connectivity index (χ4n) is 4.11. The van der Waals surface area contributed by atoms with Gasteiger partial charge in [-0.25, -0.2) is 9.97 Å². The van der Waals surface area contributed by atoms with E-state index in [0.29, 0.717) is 32.1 Å². The van der Waals surface area contributed by atoms with Gasteiger partial charge in [-0.2, -0.15) is 13.2 Å². The molecule has 0 atom stereocenters. The van der Waals surface area contributed by atoms with Gasteiger partial charge in [0, 0.05) is 57.9 Å². The van der Waals surface area contributed by atoms with E-state index in [-0.39, 0.29) is 0 Å². The van der Waals surface area contributed by atoms with Gasteiger partial charge < -0.3 is 4.90 Å². The van der Waals surface area contributed by atoms with Crippen LogP contribution in [0.1, 0.15) is 30.5 Å². The molecule has 1 aromatic heterocycles. The van der Waals surface area contributed by atoms with Gasteiger partial charge in [0.1, 0.15) is 0 Å². The molecule has 4 rings (SSSR count). The summed E-state index contributed by atoms with van der Waals surface area (Å²) in [5.74, 6) is 0.674. The van der Waals surface area contributed by atoms with Crippen molar-refractivity contribution in [1.82, 2.24) is 19.8 Å². The standard InChI is InChI=1S/C18H26F3N5/c19-18(20,21)13-24-8-10-26(11-9-24)17-22-12-14-4-6-25(15-2-1-3-15)7-5-16(14)23-17/h12,15H,1-11,13H2. The molecule has 3 heterocycles. The third kappa shape index (κ3) is 4.11. The first-order valence-electron chi connectivity index (χ1n) is 9.61. The Balaban J connectivity index is 1.37. The summed E-state index contributed by atoms with van der Waals surface area (Å²) in [5, 5.41) is 0. The maximum absolute atomic E-state index is 12.5. The quantitative estimate of drug-likeness (QED) is 0.816. The summed E-state index contributed by atoms with van der Waals surface area (Å²) in [4.78, 5) is 15.4. The summed E-state index contributed by atoms with van der Waals surface area (Å²) >= 11 is 0. The Morgan fingerprint density at radius 2 is 1.73 bits per heavy atom. The van der Waals surface area contributed by atoms with Crippen molar-refractivity contribution in [3.63, 3.8) is 0 Å². The molecule has 0 spiro atoms. The molecule has 0 amide bonds. The second-order valence-corrected chi connectivity index (χ2v) is 7.64. The third-order valence-corrected chi connectivity index (χ3v) is 5.89. The Morgan fingerprint density at radius 1 is 1.00 bits per heavy atom. The molecule has 2 aliphatic heterocycles. The number of alkyl halides is 3. The average molecular weight is 369 g/mol. The van der Waals surface area contributed by atoms with Crippen LogP contribution in [0.2, 0.25) is 0 Å². The van der Waals surface area contributed by atoms with Crippen LogP contribution in [0.5, 0.6) is 0 Å². The minimum atomic E-state index is -4.13. The van der Waals surface area contributed by atoms with E-state index in [4.69, 9.17) is 4.98 Å². The van der Waals surface area contributed by atoms with Crippen LogP contribution in [0.4, 0.5) is 19.1 Å². The minimum absolute atomic E-state index is 0.398. The second kappa shape index (κ2) is 7.31. The number of rotatable bonds is 3. The maximum Gasteiger partial charge on any atom is 0.401 e. The highest BCUT2D eigenvalue weighted by molar-refractivity contribution is 5.34. The van der Waals surface area contributed by atoms with Gasteiger partial charge in [-0.15, -0.1) is 0 Å². The molecule has 0 N–H and O–H groups in total. The summed E-state index contributed by atoms with van der Waals surface area (Å²) in [6.45, 7) is 3.18. The Morgan fingerprint density at radius 3 is 2.38 bits per heavy atom. The SMILES string of the molecule is FC(F)(F)CN1CCN(c2ncc3c(n2)CCN(C2CCC2)CC3)CC1. The molecule has 1 saturated heterocycles. The molecule has 3 aliphatic rings. The zero-order valence-corrected chi connectivity index (χ0v) is 15.0. The van der Waals surface area contributed by atoms with E-state index < -0.39 is 12.7 Å². The highest BCUT2D eigenvalue weighted by Crippen LogP contribution is 2.27. The molecule has 8 heteroatoms. The van der Waals surface area contributed by atoms with E-state index in [9.17, 15) is 13.2 Å². The fraction of sp³-hybridized carbons (Fsp3) is 0.778. The molecule has 1 aliphatic carbocycles. The minimum Gasteiger partial charge on any atom is -0.338 e. The van der Waals surface area contributed by atoms with Crippen molar-refractivity contribution in [2.24, 2.45) is 0 Å². The largest absolute Gasteiger partial charge is 0.401 e. The third-order valence-electron chi connectivity index (χ3n) is 5.89. The van der Waals surface area contributed by atoms with Crippen LogP contribution in [0, 0.1) is 0 Å². The van der Waals surface area contributed by atoms with Crippen molar-refractivity contribution in [3.05, 3.63) is 17.5 Å². The molecule has 1 saturated carbocycles. The van der Waals surface area contributed by atoms with E-state index in [1.807, 2.05) is 11.1 Å². The summed E-state index contributed by atoms with van der Waals surface area (Å²) in [5.41, 5.74) is 2.35. The lowest BCUT2D eigenvalue weighted by Crippen LogP contribution is -2.49. The molecule has 0 unspecified atom stereocenters. The molecule has 0 radical (unpaired) electrons. The zero-order chi connectivity index (χ0) is 18.1. The van der Waals surface area contributed by atoms with Crippen molar-refractivity contribution in [2.45, 2.75) is 44.3 Å². The van der Waals surface area contributed by atoms with Gasteiger partial charge in [-0.3, -0.25) is 9.80 Å². The lowest BCUT2D eigenvalue weighted by Gasteiger charge is -2.36. The topological polar surface area (TPSA) is 35.5 Å². The molecular weight excluding hydrogens is 343 g/mol. The molecule has 0 bridgehead atoms. The molecule has 144 valence electrons. The Hall–Kier alpha value is -1.41. The molecule has 0 aromatic carbocycles. The van der Waals surface area contributed by atoms with Crippen molar-refractivity contribution in [2.75, 3.05) is 50.7 Å². The molecule has 26 heavy (non-hydrogen) atoms. The van der Waals surface area contributed by atoms with Gasteiger partial charge in [0.15, 0.2) is 0 Å². The first-order chi connectivity index (χ1) is 12.5. The predicted molar refractivity (Wildman–Crippen MR) is 93.4 cm³/mol. The lowest BCUT2D eigenvalue weighted by atomic mass is 9.91. The number of nitrogens with zero attached hydrogens (tertiary/aromatic N) is 5. The van der Waals surface area contributed by atoms with Crippen LogP contribution >= 0.6 is 0 Å². The average Bonchev–Trinajstić information content (AvgIpc) is 2.75. The lowest BCUT2D eigenvalue weighted by molar-refractivity contribution is -0.146. The zero-order valence-electron chi connectivity index (χ0n) is 15.0. The smallest absolute Gasteiger partial charge is 0.338 e. The number of piperazine rings is 1. The van der Waals surface area contributed by atoms with Crippen LogP contribution in [0.3, 0.4) is 0 Å². The van der Waals surface area contributed by atoms with Gasteiger partial charge in [0.05, 0.1) is 12.2 Å². The van der Waals surface area contributed by atoms with Crippen LogP contribution in [0.25, 0.3) is 0 Å². The summed E-state index contributed by atoms with van der Waals surface area (Å²) < 4.78 is 37.6. The van der Waals surface area contributed by atoms with Crippen LogP contribution in [-0.4, -0.2) is 77.8 Å². The van der Waals surface area contributed by atoms with E-state index in [2.05, 4.69) is 9.88 Å². The van der Waals surface area contributed by atoms with E-state index in [0.717, 1.165) is 37.7 Å². The Bertz CT molecular complexity index is 624. The summed E-state index contributed by atoms with van der Waals surface area (Å²) in [6.07, 6.45) is 3.71. The van der Waals surface area contributed by atoms with Gasteiger partial charge in [0.2, 0.25) is 5.95 Å². The Labute approximate surface area is 152 Å². The number of aromatic nitrogens is 2. The number of hydrogen-bond donors (Lipinski definition) is 0. The van der Waals surface area contributed by atoms with Crippen molar-refractivity contribution in [3.8, 4) is 0 Å². The van der Waals surface area contributed by atoms with Crippen molar-refractivity contribution in [1.29, 1.82) is 0 Å². The highest BCUT2D eigenvalue weighted by atomic mass is 19.4. The van der Waals surface area contributed by atoms with Crippen LogP contribution < -0.4 is 4.90 Å². The Kier molecular flexibility index (Phi) is 5.05. The number of hydrogen-bond acceptors (Lipinski definition) is 5. The van der Waals surface area contributed by atoms with E-state index >= 15 is 0 Å². The molecule has 1 aromatic rings. The van der Waals surface area contributed by atoms with E-state index in [1.54, 1.807) is 0 Å². The maximum atomic E-state index is 12.5. The van der Waals surface area contributed by atoms with Gasteiger partial charge >= 0.3 is 6.18 Å². The first-order valence-corrected chi connectivity index (χ1v) is 9.61. The number of anilines is 1. The second-order valence-electron chi connectivity index (χ2n) is 7.64. The van der Waals surface area contributed by atoms with Gasteiger partial charge in [-0.05, 0) is 24.8 Å².